The Bertz CT molecular complexity index is 650. The lowest BCUT2D eigenvalue weighted by Crippen LogP contribution is -2.35. The van der Waals surface area contributed by atoms with E-state index in [1.807, 2.05) is 12.3 Å². The third-order valence-corrected chi connectivity index (χ3v) is 5.55. The summed E-state index contributed by atoms with van der Waals surface area (Å²) in [5.74, 6) is 2.55. The molecular formula is C18H27N5. The number of likely N-dealkylation sites (tertiary alicyclic amines) is 1. The van der Waals surface area contributed by atoms with Crippen LogP contribution in [0.15, 0.2) is 18.3 Å². The van der Waals surface area contributed by atoms with Crippen LogP contribution in [0.25, 0.3) is 11.2 Å². The number of piperidine rings is 1. The van der Waals surface area contributed by atoms with E-state index in [-0.39, 0.29) is 0 Å². The van der Waals surface area contributed by atoms with Crippen molar-refractivity contribution in [1.82, 2.24) is 24.8 Å². The minimum Gasteiger partial charge on any atom is -0.316 e. The molecule has 0 radical (unpaired) electrons. The molecule has 1 unspecified atom stereocenters. The van der Waals surface area contributed by atoms with Crippen molar-refractivity contribution in [2.24, 2.45) is 5.92 Å². The molecule has 0 spiro atoms. The van der Waals surface area contributed by atoms with Gasteiger partial charge in [0.1, 0.15) is 11.3 Å². The van der Waals surface area contributed by atoms with E-state index in [4.69, 9.17) is 4.98 Å². The van der Waals surface area contributed by atoms with Crippen LogP contribution in [0, 0.1) is 5.92 Å². The molecule has 0 aliphatic carbocycles. The van der Waals surface area contributed by atoms with Crippen LogP contribution in [0.4, 0.5) is 0 Å². The van der Waals surface area contributed by atoms with Crippen LogP contribution >= 0.6 is 0 Å². The molecule has 2 aliphatic heterocycles. The molecule has 2 saturated heterocycles. The Balaban J connectivity index is 1.61. The maximum Gasteiger partial charge on any atom is 0.160 e. The van der Waals surface area contributed by atoms with Gasteiger partial charge in [0.2, 0.25) is 0 Å². The molecule has 2 aromatic heterocycles. The number of nitrogens with one attached hydrogen (secondary N) is 1. The Morgan fingerprint density at radius 3 is 2.87 bits per heavy atom. The van der Waals surface area contributed by atoms with Crippen molar-refractivity contribution in [1.29, 1.82) is 0 Å². The van der Waals surface area contributed by atoms with Gasteiger partial charge in [0.05, 0.1) is 0 Å². The fraction of sp³-hybridized carbons (Fsp3) is 0.667. The highest BCUT2D eigenvalue weighted by molar-refractivity contribution is 5.71. The molecule has 124 valence electrons. The molecule has 1 atom stereocenters. The predicted molar refractivity (Wildman–Crippen MR) is 92.6 cm³/mol. The van der Waals surface area contributed by atoms with E-state index >= 15 is 0 Å². The SMILES string of the molecule is CCN1CCC(Cn2c(C3CCNC3)nc3cccnc32)CC1. The zero-order valence-electron chi connectivity index (χ0n) is 14.0. The third-order valence-electron chi connectivity index (χ3n) is 5.55. The second-order valence-electron chi connectivity index (χ2n) is 6.99. The molecule has 0 bridgehead atoms. The highest BCUT2D eigenvalue weighted by atomic mass is 15.2. The van der Waals surface area contributed by atoms with Gasteiger partial charge in [-0.05, 0) is 63.5 Å². The summed E-state index contributed by atoms with van der Waals surface area (Å²) in [6, 6.07) is 4.10. The van der Waals surface area contributed by atoms with Crippen LogP contribution in [0.1, 0.15) is 37.9 Å². The average molecular weight is 313 g/mol. The van der Waals surface area contributed by atoms with Gasteiger partial charge in [-0.15, -0.1) is 0 Å². The van der Waals surface area contributed by atoms with Gasteiger partial charge in [0.25, 0.3) is 0 Å². The Hall–Kier alpha value is -1.46. The molecule has 2 fully saturated rings. The first-order valence-corrected chi connectivity index (χ1v) is 9.09. The minimum atomic E-state index is 0.542. The quantitative estimate of drug-likeness (QED) is 0.940. The molecule has 4 heterocycles. The number of imidazole rings is 1. The van der Waals surface area contributed by atoms with Crippen molar-refractivity contribution < 1.29 is 0 Å². The Morgan fingerprint density at radius 1 is 1.26 bits per heavy atom. The van der Waals surface area contributed by atoms with Crippen molar-refractivity contribution >= 4 is 11.2 Å². The summed E-state index contributed by atoms with van der Waals surface area (Å²) >= 11 is 0. The van der Waals surface area contributed by atoms with Crippen molar-refractivity contribution in [3.8, 4) is 0 Å². The predicted octanol–water partition coefficient (Wildman–Crippen LogP) is 2.24. The molecule has 5 nitrogen and oxygen atoms in total. The summed E-state index contributed by atoms with van der Waals surface area (Å²) in [6.07, 6.45) is 5.68. The van der Waals surface area contributed by atoms with Crippen LogP contribution in [-0.2, 0) is 6.54 Å². The fourth-order valence-electron chi connectivity index (χ4n) is 4.09. The second-order valence-corrected chi connectivity index (χ2v) is 6.99. The summed E-state index contributed by atoms with van der Waals surface area (Å²) in [7, 11) is 0. The maximum atomic E-state index is 4.94. The molecule has 0 saturated carbocycles. The normalized spacial score (nSPS) is 23.8. The lowest BCUT2D eigenvalue weighted by Gasteiger charge is -2.31. The van der Waals surface area contributed by atoms with Crippen LogP contribution in [0.3, 0.4) is 0 Å². The van der Waals surface area contributed by atoms with Crippen LogP contribution in [-0.4, -0.2) is 52.2 Å². The average Bonchev–Trinajstić information content (AvgIpc) is 3.24. The van der Waals surface area contributed by atoms with Crippen molar-refractivity contribution in [2.45, 2.75) is 38.6 Å². The maximum absolute atomic E-state index is 4.94. The number of nitrogens with zero attached hydrogens (tertiary/aromatic N) is 4. The topological polar surface area (TPSA) is 46.0 Å². The van der Waals surface area contributed by atoms with E-state index < -0.39 is 0 Å². The van der Waals surface area contributed by atoms with E-state index in [9.17, 15) is 0 Å². The number of hydrogen-bond acceptors (Lipinski definition) is 4. The van der Waals surface area contributed by atoms with E-state index in [2.05, 4.69) is 32.8 Å². The van der Waals surface area contributed by atoms with E-state index in [0.717, 1.165) is 36.7 Å². The molecule has 4 rings (SSSR count). The number of pyridine rings is 1. The molecule has 23 heavy (non-hydrogen) atoms. The number of rotatable bonds is 4. The van der Waals surface area contributed by atoms with Gasteiger partial charge in [-0.3, -0.25) is 0 Å². The monoisotopic (exact) mass is 313 g/mol. The van der Waals surface area contributed by atoms with Crippen LogP contribution in [0.2, 0.25) is 0 Å². The van der Waals surface area contributed by atoms with Crippen LogP contribution < -0.4 is 5.32 Å². The van der Waals surface area contributed by atoms with Gasteiger partial charge in [0.15, 0.2) is 5.65 Å². The van der Waals surface area contributed by atoms with Gasteiger partial charge in [-0.25, -0.2) is 9.97 Å². The second kappa shape index (κ2) is 6.57. The first-order chi connectivity index (χ1) is 11.3. The summed E-state index contributed by atoms with van der Waals surface area (Å²) in [5, 5.41) is 3.48. The zero-order chi connectivity index (χ0) is 15.6. The number of hydrogen-bond donors (Lipinski definition) is 1. The lowest BCUT2D eigenvalue weighted by atomic mass is 9.96. The first-order valence-electron chi connectivity index (χ1n) is 9.09. The Labute approximate surface area is 138 Å². The molecule has 2 aromatic rings. The van der Waals surface area contributed by atoms with Crippen molar-refractivity contribution in [2.75, 3.05) is 32.7 Å². The standard InChI is InChI=1S/C18H27N5/c1-2-22-10-6-14(7-11-22)13-23-17(15-5-9-19-12-15)21-16-4-3-8-20-18(16)23/h3-4,8,14-15,19H,2,5-7,9-13H2,1H3. The molecule has 2 aliphatic rings. The molecule has 5 heteroatoms. The highest BCUT2D eigenvalue weighted by Gasteiger charge is 2.26. The Morgan fingerprint density at radius 2 is 2.13 bits per heavy atom. The lowest BCUT2D eigenvalue weighted by molar-refractivity contribution is 0.181. The minimum absolute atomic E-state index is 0.542. The molecular weight excluding hydrogens is 286 g/mol. The first kappa shape index (κ1) is 15.1. The summed E-state index contributed by atoms with van der Waals surface area (Å²) in [5.41, 5.74) is 2.13. The highest BCUT2D eigenvalue weighted by Crippen LogP contribution is 2.28. The van der Waals surface area contributed by atoms with E-state index in [1.54, 1.807) is 0 Å². The van der Waals surface area contributed by atoms with Gasteiger partial charge < -0.3 is 14.8 Å². The van der Waals surface area contributed by atoms with E-state index in [0.29, 0.717) is 5.92 Å². The van der Waals surface area contributed by atoms with Crippen molar-refractivity contribution in [3.63, 3.8) is 0 Å². The summed E-state index contributed by atoms with van der Waals surface area (Å²) in [6.45, 7) is 9.16. The van der Waals surface area contributed by atoms with Gasteiger partial charge in [-0.2, -0.15) is 0 Å². The fourth-order valence-corrected chi connectivity index (χ4v) is 4.09. The largest absolute Gasteiger partial charge is 0.316 e. The summed E-state index contributed by atoms with van der Waals surface area (Å²) < 4.78 is 2.43. The summed E-state index contributed by atoms with van der Waals surface area (Å²) in [4.78, 5) is 12.1. The molecule has 0 aromatic carbocycles. The smallest absolute Gasteiger partial charge is 0.160 e. The van der Waals surface area contributed by atoms with Gasteiger partial charge in [0, 0.05) is 25.2 Å². The number of aromatic nitrogens is 3. The van der Waals surface area contributed by atoms with Gasteiger partial charge in [-0.1, -0.05) is 6.92 Å². The molecule has 1 N–H and O–H groups in total. The van der Waals surface area contributed by atoms with Crippen LogP contribution in [0.5, 0.6) is 0 Å². The third kappa shape index (κ3) is 3.00. The number of fused-ring (bicyclic) bond motifs is 1. The molecule has 0 amide bonds. The zero-order valence-corrected chi connectivity index (χ0v) is 14.0. The van der Waals surface area contributed by atoms with Crippen molar-refractivity contribution in [3.05, 3.63) is 24.2 Å². The Kier molecular flexibility index (Phi) is 4.31. The van der Waals surface area contributed by atoms with E-state index in [1.165, 1.54) is 44.7 Å². The van der Waals surface area contributed by atoms with Gasteiger partial charge >= 0.3 is 0 Å².